The van der Waals surface area contributed by atoms with Gasteiger partial charge in [0.1, 0.15) is 5.82 Å². The van der Waals surface area contributed by atoms with Crippen molar-refractivity contribution in [2.45, 2.75) is 13.0 Å². The first kappa shape index (κ1) is 12.6. The second-order valence-electron chi connectivity index (χ2n) is 3.81. The lowest BCUT2D eigenvalue weighted by atomic mass is 10.1. The zero-order valence-corrected chi connectivity index (χ0v) is 11.2. The first-order chi connectivity index (χ1) is 8.13. The average Bonchev–Trinajstić information content (AvgIpc) is 2.72. The standard InChI is InChI=1S/C13H13ClFNS/c1-8-6-7-11(17-8)13(16-2)9-4-3-5-10(15)12(9)14/h3-7,13,16H,1-2H3. The van der Waals surface area contributed by atoms with Gasteiger partial charge in [0.2, 0.25) is 0 Å². The fraction of sp³-hybridized carbons (Fsp3) is 0.231. The Morgan fingerprint density at radius 2 is 2.06 bits per heavy atom. The van der Waals surface area contributed by atoms with Gasteiger partial charge >= 0.3 is 0 Å². The van der Waals surface area contributed by atoms with E-state index in [2.05, 4.69) is 11.4 Å². The van der Waals surface area contributed by atoms with Crippen LogP contribution in [-0.4, -0.2) is 7.05 Å². The van der Waals surface area contributed by atoms with Crippen molar-refractivity contribution in [3.8, 4) is 0 Å². The third-order valence-electron chi connectivity index (χ3n) is 2.63. The van der Waals surface area contributed by atoms with Gasteiger partial charge in [-0.1, -0.05) is 23.7 Å². The van der Waals surface area contributed by atoms with Gasteiger partial charge in [-0.25, -0.2) is 4.39 Å². The molecule has 0 aliphatic carbocycles. The largest absolute Gasteiger partial charge is 0.309 e. The third-order valence-corrected chi connectivity index (χ3v) is 4.09. The van der Waals surface area contributed by atoms with E-state index in [0.29, 0.717) is 0 Å². The van der Waals surface area contributed by atoms with Crippen molar-refractivity contribution in [2.24, 2.45) is 0 Å². The molecule has 2 aromatic rings. The van der Waals surface area contributed by atoms with Gasteiger partial charge in [-0.3, -0.25) is 0 Å². The summed E-state index contributed by atoms with van der Waals surface area (Å²) >= 11 is 7.70. The maximum absolute atomic E-state index is 13.4. The lowest BCUT2D eigenvalue weighted by Gasteiger charge is -2.16. The minimum absolute atomic E-state index is 0.0584. The molecule has 4 heteroatoms. The number of benzene rings is 1. The second kappa shape index (κ2) is 5.17. The second-order valence-corrected chi connectivity index (χ2v) is 5.51. The average molecular weight is 270 g/mol. The predicted octanol–water partition coefficient (Wildman–Crippen LogP) is 4.16. The Bertz CT molecular complexity index is 524. The van der Waals surface area contributed by atoms with Crippen LogP contribution < -0.4 is 5.32 Å². The molecule has 0 saturated carbocycles. The quantitative estimate of drug-likeness (QED) is 0.882. The molecule has 0 aliphatic rings. The normalized spacial score (nSPS) is 12.7. The van der Waals surface area contributed by atoms with Gasteiger partial charge in [0.25, 0.3) is 0 Å². The Morgan fingerprint density at radius 3 is 2.65 bits per heavy atom. The minimum Gasteiger partial charge on any atom is -0.309 e. The van der Waals surface area contributed by atoms with E-state index in [0.717, 1.165) is 10.4 Å². The first-order valence-electron chi connectivity index (χ1n) is 5.31. The van der Waals surface area contributed by atoms with Crippen LogP contribution in [0.15, 0.2) is 30.3 Å². The molecule has 0 saturated heterocycles. The molecule has 1 nitrogen and oxygen atoms in total. The van der Waals surface area contributed by atoms with E-state index in [1.165, 1.54) is 10.9 Å². The summed E-state index contributed by atoms with van der Waals surface area (Å²) in [5, 5.41) is 3.37. The van der Waals surface area contributed by atoms with Crippen LogP contribution in [0.2, 0.25) is 5.02 Å². The summed E-state index contributed by atoms with van der Waals surface area (Å²) in [6, 6.07) is 8.94. The number of thiophene rings is 1. The van der Waals surface area contributed by atoms with Crippen LogP contribution in [0.25, 0.3) is 0 Å². The van der Waals surface area contributed by atoms with Crippen molar-refractivity contribution in [1.29, 1.82) is 0 Å². The van der Waals surface area contributed by atoms with Crippen LogP contribution in [-0.2, 0) is 0 Å². The monoisotopic (exact) mass is 269 g/mol. The van der Waals surface area contributed by atoms with Crippen LogP contribution in [0.1, 0.15) is 21.4 Å². The molecule has 1 unspecified atom stereocenters. The topological polar surface area (TPSA) is 12.0 Å². The van der Waals surface area contributed by atoms with Gasteiger partial charge in [0, 0.05) is 9.75 Å². The molecule has 0 fully saturated rings. The maximum atomic E-state index is 13.4. The SMILES string of the molecule is CNC(c1ccc(C)s1)c1cccc(F)c1Cl. The van der Waals surface area contributed by atoms with Crippen molar-refractivity contribution < 1.29 is 4.39 Å². The van der Waals surface area contributed by atoms with Crippen LogP contribution in [0.3, 0.4) is 0 Å². The van der Waals surface area contributed by atoms with Gasteiger partial charge in [-0.05, 0) is 37.7 Å². The van der Waals surface area contributed by atoms with Crippen molar-refractivity contribution in [1.82, 2.24) is 5.32 Å². The van der Waals surface area contributed by atoms with Crippen LogP contribution in [0.4, 0.5) is 4.39 Å². The van der Waals surface area contributed by atoms with E-state index in [1.54, 1.807) is 17.4 Å². The van der Waals surface area contributed by atoms with E-state index >= 15 is 0 Å². The minimum atomic E-state index is -0.377. The molecule has 0 spiro atoms. The summed E-state index contributed by atoms with van der Waals surface area (Å²) in [7, 11) is 1.85. The van der Waals surface area contributed by atoms with E-state index in [4.69, 9.17) is 11.6 Å². The lowest BCUT2D eigenvalue weighted by molar-refractivity contribution is 0.618. The smallest absolute Gasteiger partial charge is 0.142 e. The lowest BCUT2D eigenvalue weighted by Crippen LogP contribution is -2.17. The number of aryl methyl sites for hydroxylation is 1. The molecule has 0 amide bonds. The highest BCUT2D eigenvalue weighted by Crippen LogP contribution is 2.33. The van der Waals surface area contributed by atoms with E-state index in [1.807, 2.05) is 26.1 Å². The van der Waals surface area contributed by atoms with Gasteiger partial charge < -0.3 is 5.32 Å². The number of nitrogens with one attached hydrogen (secondary N) is 1. The highest BCUT2D eigenvalue weighted by molar-refractivity contribution is 7.12. The van der Waals surface area contributed by atoms with Crippen molar-refractivity contribution in [3.63, 3.8) is 0 Å². The molecule has 0 aliphatic heterocycles. The molecular formula is C13H13ClFNS. The molecule has 90 valence electrons. The summed E-state index contributed by atoms with van der Waals surface area (Å²) in [6.07, 6.45) is 0. The number of rotatable bonds is 3. The summed E-state index contributed by atoms with van der Waals surface area (Å²) in [5.41, 5.74) is 0.774. The Labute approximate surface area is 109 Å². The van der Waals surface area contributed by atoms with Crippen LogP contribution in [0, 0.1) is 12.7 Å². The zero-order valence-electron chi connectivity index (χ0n) is 9.63. The van der Waals surface area contributed by atoms with Crippen LogP contribution in [0.5, 0.6) is 0 Å². The van der Waals surface area contributed by atoms with Gasteiger partial charge in [-0.2, -0.15) is 0 Å². The van der Waals surface area contributed by atoms with Crippen molar-refractivity contribution in [2.75, 3.05) is 7.05 Å². The summed E-state index contributed by atoms with van der Waals surface area (Å²) in [6.45, 7) is 2.05. The highest BCUT2D eigenvalue weighted by atomic mass is 35.5. The number of hydrogen-bond donors (Lipinski definition) is 1. The fourth-order valence-electron chi connectivity index (χ4n) is 1.80. The third kappa shape index (κ3) is 2.51. The maximum Gasteiger partial charge on any atom is 0.142 e. The Kier molecular flexibility index (Phi) is 3.82. The molecule has 2 rings (SSSR count). The predicted molar refractivity (Wildman–Crippen MR) is 71.4 cm³/mol. The van der Waals surface area contributed by atoms with E-state index in [-0.39, 0.29) is 16.9 Å². The molecule has 0 bridgehead atoms. The Morgan fingerprint density at radius 1 is 1.29 bits per heavy atom. The van der Waals surface area contributed by atoms with Crippen molar-refractivity contribution in [3.05, 3.63) is 56.5 Å². The Hall–Kier alpha value is -0.900. The van der Waals surface area contributed by atoms with Crippen molar-refractivity contribution >= 4 is 22.9 Å². The summed E-state index contributed by atoms with van der Waals surface area (Å²) in [5.74, 6) is -0.377. The number of hydrogen-bond acceptors (Lipinski definition) is 2. The van der Waals surface area contributed by atoms with E-state index < -0.39 is 0 Å². The summed E-state index contributed by atoms with van der Waals surface area (Å²) in [4.78, 5) is 2.37. The van der Waals surface area contributed by atoms with Crippen LogP contribution >= 0.6 is 22.9 Å². The fourth-order valence-corrected chi connectivity index (χ4v) is 3.04. The molecule has 17 heavy (non-hydrogen) atoms. The highest BCUT2D eigenvalue weighted by Gasteiger charge is 2.18. The Balaban J connectivity index is 2.45. The molecule has 1 aromatic heterocycles. The molecule has 1 atom stereocenters. The summed E-state index contributed by atoms with van der Waals surface area (Å²) < 4.78 is 13.4. The molecule has 1 aromatic carbocycles. The zero-order chi connectivity index (χ0) is 12.4. The van der Waals surface area contributed by atoms with Gasteiger partial charge in [-0.15, -0.1) is 11.3 Å². The van der Waals surface area contributed by atoms with E-state index in [9.17, 15) is 4.39 Å². The van der Waals surface area contributed by atoms with Gasteiger partial charge in [0.15, 0.2) is 0 Å². The molecular weight excluding hydrogens is 257 g/mol. The molecule has 1 N–H and O–H groups in total. The van der Waals surface area contributed by atoms with Gasteiger partial charge in [0.05, 0.1) is 11.1 Å². The molecule has 0 radical (unpaired) electrons. The number of halogens is 2. The molecule has 1 heterocycles. The first-order valence-corrected chi connectivity index (χ1v) is 6.50.